The van der Waals surface area contributed by atoms with Crippen LogP contribution in [0.3, 0.4) is 0 Å². The molecule has 0 radical (unpaired) electrons. The van der Waals surface area contributed by atoms with E-state index in [0.717, 1.165) is 0 Å². The van der Waals surface area contributed by atoms with E-state index in [-0.39, 0.29) is 12.4 Å². The SMILES string of the molecule is O=C([O-])[O-].O=S(=O)([O-])[O-].[Cl-]. The summed E-state index contributed by atoms with van der Waals surface area (Å²) in [5.41, 5.74) is 0. The van der Waals surface area contributed by atoms with Crippen LogP contribution in [0.5, 0.6) is 0 Å². The Morgan fingerprint density at radius 2 is 1.10 bits per heavy atom. The molecule has 0 atom stereocenters. The van der Waals surface area contributed by atoms with Gasteiger partial charge in [0.1, 0.15) is 0 Å². The van der Waals surface area contributed by atoms with E-state index in [0.29, 0.717) is 0 Å². The van der Waals surface area contributed by atoms with E-state index in [1.165, 1.54) is 0 Å². The van der Waals surface area contributed by atoms with E-state index >= 15 is 0 Å². The zero-order chi connectivity index (χ0) is 8.08. The number of rotatable bonds is 0. The summed E-state index contributed by atoms with van der Waals surface area (Å²) in [6.07, 6.45) is -2.33. The van der Waals surface area contributed by atoms with Crippen molar-refractivity contribution in [3.8, 4) is 0 Å². The fourth-order valence-electron chi connectivity index (χ4n) is 0. The molecule has 10 heavy (non-hydrogen) atoms. The Hall–Kier alpha value is -0.570. The van der Waals surface area contributed by atoms with Gasteiger partial charge in [0.25, 0.3) is 0 Å². The average molecular weight is 192 g/mol. The number of carbonyl (C=O) groups is 1. The number of carboxylic acid groups (broad SMARTS) is 2. The van der Waals surface area contributed by atoms with Gasteiger partial charge in [-0.3, -0.25) is 8.42 Å². The van der Waals surface area contributed by atoms with Crippen molar-refractivity contribution in [2.24, 2.45) is 0 Å². The van der Waals surface area contributed by atoms with Gasteiger partial charge >= 0.3 is 0 Å². The van der Waals surface area contributed by atoms with Crippen molar-refractivity contribution < 1.29 is 44.9 Å². The zero-order valence-electron chi connectivity index (χ0n) is 4.14. The lowest BCUT2D eigenvalue weighted by molar-refractivity contribution is -0.415. The van der Waals surface area contributed by atoms with Crippen LogP contribution in [-0.4, -0.2) is 23.7 Å². The monoisotopic (exact) mass is 191 g/mol. The predicted octanol–water partition coefficient (Wildman–Crippen LogP) is -6.78. The molecule has 0 unspecified atom stereocenters. The lowest BCUT2D eigenvalue weighted by Gasteiger charge is -2.06. The maximum atomic E-state index is 8.52. The highest BCUT2D eigenvalue weighted by molar-refractivity contribution is 7.79. The Morgan fingerprint density at radius 1 is 1.10 bits per heavy atom. The maximum absolute atomic E-state index is 8.52. The molecular weight excluding hydrogens is 192 g/mol. The first-order valence-corrected chi connectivity index (χ1v) is 2.61. The maximum Gasteiger partial charge on any atom is 0.0311 e. The highest BCUT2D eigenvalue weighted by Crippen LogP contribution is 1.57. The van der Waals surface area contributed by atoms with Gasteiger partial charge in [-0.1, -0.05) is 0 Å². The minimum Gasteiger partial charge on any atom is -1.00 e. The molecule has 0 heterocycles. The van der Waals surface area contributed by atoms with Crippen LogP contribution in [0.2, 0.25) is 0 Å². The number of hydrogen-bond donors (Lipinski definition) is 0. The molecule has 0 rings (SSSR count). The van der Waals surface area contributed by atoms with Crippen LogP contribution in [0.1, 0.15) is 0 Å². The highest BCUT2D eigenvalue weighted by atomic mass is 35.5. The molecule has 0 aliphatic carbocycles. The van der Waals surface area contributed by atoms with E-state index in [4.69, 9.17) is 32.5 Å². The minimum absolute atomic E-state index is 0. The predicted molar refractivity (Wildman–Crippen MR) is 15.9 cm³/mol. The molecule has 0 fully saturated rings. The van der Waals surface area contributed by atoms with Gasteiger partial charge in [-0.05, 0) is 6.16 Å². The van der Waals surface area contributed by atoms with Crippen LogP contribution in [0.15, 0.2) is 0 Å². The normalized spacial score (nSPS) is 8.20. The molecule has 0 spiro atoms. The molecule has 0 aromatic rings. The Kier molecular flexibility index (Phi) is 10.6. The van der Waals surface area contributed by atoms with Gasteiger partial charge in [0, 0.05) is 10.4 Å². The van der Waals surface area contributed by atoms with Crippen LogP contribution in [-0.2, 0) is 10.4 Å². The van der Waals surface area contributed by atoms with Crippen molar-refractivity contribution in [1.82, 2.24) is 0 Å². The van der Waals surface area contributed by atoms with Gasteiger partial charge in [-0.2, -0.15) is 0 Å². The van der Waals surface area contributed by atoms with Gasteiger partial charge in [-0.25, -0.2) is 0 Å². The smallest absolute Gasteiger partial charge is 0.0311 e. The van der Waals surface area contributed by atoms with Crippen LogP contribution in [0.4, 0.5) is 4.79 Å². The largest absolute Gasteiger partial charge is 1.00 e. The second-order valence-corrected chi connectivity index (χ2v) is 1.47. The molecule has 9 heteroatoms. The molecule has 0 bridgehead atoms. The molecule has 0 aromatic heterocycles. The standard InChI is InChI=1S/CH2O3.ClH.H2O4S/c2-1(3)4;;1-5(2,3)4/h(H2,2,3,4);1H;(H2,1,2,3,4)/p-5. The Balaban J connectivity index is -0.0000000910. The van der Waals surface area contributed by atoms with E-state index in [9.17, 15) is 0 Å². The summed E-state index contributed by atoms with van der Waals surface area (Å²) >= 11 is 0. The molecule has 0 aromatic carbocycles. The third kappa shape index (κ3) is 945. The molecule has 64 valence electrons. The van der Waals surface area contributed by atoms with Crippen molar-refractivity contribution in [2.75, 3.05) is 0 Å². The lowest BCUT2D eigenvalue weighted by Crippen LogP contribution is -3.00. The van der Waals surface area contributed by atoms with Crippen molar-refractivity contribution >= 4 is 16.6 Å². The first kappa shape index (κ1) is 16.2. The van der Waals surface area contributed by atoms with Gasteiger partial charge in [-0.15, -0.1) is 0 Å². The molecule has 0 aliphatic rings. The second-order valence-electron chi connectivity index (χ2n) is 0.658. The van der Waals surface area contributed by atoms with E-state index < -0.39 is 16.6 Å². The van der Waals surface area contributed by atoms with E-state index in [2.05, 4.69) is 0 Å². The quantitative estimate of drug-likeness (QED) is 0.273. The fraction of sp³-hybridized carbons (Fsp3) is 0. The summed E-state index contributed by atoms with van der Waals surface area (Å²) < 4.78 is 34.1. The van der Waals surface area contributed by atoms with Crippen LogP contribution >= 0.6 is 0 Å². The van der Waals surface area contributed by atoms with Gasteiger partial charge in [0.2, 0.25) is 0 Å². The Bertz CT molecular complexity index is 156. The summed E-state index contributed by atoms with van der Waals surface area (Å²) in [6, 6.07) is 0. The van der Waals surface area contributed by atoms with Crippen LogP contribution in [0.25, 0.3) is 0 Å². The van der Waals surface area contributed by atoms with Gasteiger partial charge in [0.05, 0.1) is 0 Å². The third-order valence-corrected chi connectivity index (χ3v) is 0. The molecule has 7 nitrogen and oxygen atoms in total. The van der Waals surface area contributed by atoms with Crippen molar-refractivity contribution in [3.63, 3.8) is 0 Å². The summed E-state index contributed by atoms with van der Waals surface area (Å²) in [6.45, 7) is 0. The lowest BCUT2D eigenvalue weighted by atomic mass is 11.5. The van der Waals surface area contributed by atoms with Crippen molar-refractivity contribution in [3.05, 3.63) is 0 Å². The van der Waals surface area contributed by atoms with Gasteiger partial charge < -0.3 is 36.5 Å². The Labute approximate surface area is 62.3 Å². The number of hydrogen-bond acceptors (Lipinski definition) is 7. The third-order valence-electron chi connectivity index (χ3n) is 0. The molecule has 0 saturated heterocycles. The topological polar surface area (TPSA) is 143 Å². The summed E-state index contributed by atoms with van der Waals surface area (Å²) in [5, 5.41) is 16.7. The summed E-state index contributed by atoms with van der Waals surface area (Å²) in [4.78, 5) is 8.33. The molecule has 0 N–H and O–H groups in total. The van der Waals surface area contributed by atoms with E-state index in [1.54, 1.807) is 0 Å². The summed E-state index contributed by atoms with van der Waals surface area (Å²) in [5.74, 6) is 0. The first-order valence-electron chi connectivity index (χ1n) is 1.28. The molecule has 0 saturated carbocycles. The number of carbonyl (C=O) groups excluding carboxylic acids is 1. The highest BCUT2D eigenvalue weighted by Gasteiger charge is 1.49. The number of halogens is 1. The van der Waals surface area contributed by atoms with Crippen LogP contribution < -0.4 is 22.6 Å². The zero-order valence-corrected chi connectivity index (χ0v) is 5.72. The van der Waals surface area contributed by atoms with E-state index in [1.807, 2.05) is 0 Å². The summed E-state index contributed by atoms with van der Waals surface area (Å²) in [7, 11) is -5.17. The van der Waals surface area contributed by atoms with Crippen LogP contribution in [0, 0.1) is 0 Å². The average Bonchev–Trinajstić information content (AvgIpc) is 1.19. The first-order chi connectivity index (χ1) is 3.73. The van der Waals surface area contributed by atoms with Gasteiger partial charge in [0.15, 0.2) is 0 Å². The molecular formula is CClO7S-5. The van der Waals surface area contributed by atoms with Crippen molar-refractivity contribution in [1.29, 1.82) is 0 Å². The van der Waals surface area contributed by atoms with Crippen molar-refractivity contribution in [2.45, 2.75) is 0 Å². The fourth-order valence-corrected chi connectivity index (χ4v) is 0. The molecule has 0 amide bonds. The minimum atomic E-state index is -5.17. The second kappa shape index (κ2) is 6.55. The Morgan fingerprint density at radius 3 is 1.10 bits per heavy atom. The molecule has 0 aliphatic heterocycles.